The average Bonchev–Trinajstić information content (AvgIpc) is 3.04. The standard InChI is InChI=1S/C18H17N3O4/c1-12(13-6-4-3-5-7-13)19-17(22)16-18(23)25-20-21(16)14-8-10-15(24-2)11-9-14/h3-12H,1-2H3,(H-,19,20,22,23). The number of H-pyrrole nitrogens is 1. The van der Waals surface area contributed by atoms with Gasteiger partial charge in [-0.1, -0.05) is 30.3 Å². The third kappa shape index (κ3) is 3.45. The number of ether oxygens (including phenoxy) is 1. The largest absolute Gasteiger partial charge is 0.854 e. The Morgan fingerprint density at radius 2 is 1.88 bits per heavy atom. The number of aromatic amines is 1. The van der Waals surface area contributed by atoms with E-state index in [2.05, 4.69) is 10.3 Å². The first kappa shape index (κ1) is 16.5. The van der Waals surface area contributed by atoms with E-state index in [1.807, 2.05) is 30.3 Å². The molecule has 7 heteroatoms. The fraction of sp³-hybridized carbons (Fsp3) is 0.167. The van der Waals surface area contributed by atoms with Crippen molar-refractivity contribution >= 4 is 5.90 Å². The van der Waals surface area contributed by atoms with Gasteiger partial charge in [-0.3, -0.25) is 9.52 Å². The molecule has 1 atom stereocenters. The zero-order chi connectivity index (χ0) is 17.8. The lowest BCUT2D eigenvalue weighted by atomic mass is 10.1. The highest BCUT2D eigenvalue weighted by atomic mass is 16.5. The predicted molar refractivity (Wildman–Crippen MR) is 88.8 cm³/mol. The van der Waals surface area contributed by atoms with Crippen LogP contribution < -0.4 is 20.2 Å². The summed E-state index contributed by atoms with van der Waals surface area (Å²) in [6.45, 7) is 1.79. The van der Waals surface area contributed by atoms with Crippen LogP contribution in [0.2, 0.25) is 0 Å². The molecule has 0 amide bonds. The molecule has 0 aliphatic carbocycles. The van der Waals surface area contributed by atoms with Crippen LogP contribution in [-0.2, 0) is 0 Å². The van der Waals surface area contributed by atoms with Gasteiger partial charge in [0.25, 0.3) is 0 Å². The Labute approximate surface area is 143 Å². The fourth-order valence-electron chi connectivity index (χ4n) is 2.41. The van der Waals surface area contributed by atoms with Crippen molar-refractivity contribution in [2.75, 3.05) is 7.11 Å². The summed E-state index contributed by atoms with van der Waals surface area (Å²) in [6, 6.07) is 15.8. The van der Waals surface area contributed by atoms with Crippen molar-refractivity contribution in [3.05, 3.63) is 76.3 Å². The number of hydrogen-bond acceptors (Lipinski definition) is 5. The number of hydrogen-bond donors (Lipinski definition) is 1. The molecule has 1 aromatic heterocycles. The second kappa shape index (κ2) is 7.04. The lowest BCUT2D eigenvalue weighted by Gasteiger charge is -2.11. The van der Waals surface area contributed by atoms with E-state index < -0.39 is 11.5 Å². The zero-order valence-electron chi connectivity index (χ0n) is 13.8. The first-order valence-electron chi connectivity index (χ1n) is 7.68. The van der Waals surface area contributed by atoms with E-state index in [1.54, 1.807) is 38.3 Å². The fourth-order valence-corrected chi connectivity index (χ4v) is 2.41. The summed E-state index contributed by atoms with van der Waals surface area (Å²) in [5.74, 6) is 0.00706. The van der Waals surface area contributed by atoms with Gasteiger partial charge in [0.1, 0.15) is 5.75 Å². The van der Waals surface area contributed by atoms with Crippen molar-refractivity contribution in [1.82, 2.24) is 5.27 Å². The molecule has 1 unspecified atom stereocenters. The molecule has 0 aliphatic heterocycles. The summed E-state index contributed by atoms with van der Waals surface area (Å²) in [4.78, 5) is 16.1. The lowest BCUT2D eigenvalue weighted by molar-refractivity contribution is -0.673. The topological polar surface area (TPSA) is 94.5 Å². The van der Waals surface area contributed by atoms with Gasteiger partial charge in [-0.25, -0.2) is 4.79 Å². The van der Waals surface area contributed by atoms with Crippen molar-refractivity contribution in [2.24, 2.45) is 4.99 Å². The average molecular weight is 339 g/mol. The van der Waals surface area contributed by atoms with Crippen LogP contribution in [0.1, 0.15) is 24.2 Å². The van der Waals surface area contributed by atoms with E-state index >= 15 is 0 Å². The molecule has 128 valence electrons. The molecule has 0 saturated heterocycles. The van der Waals surface area contributed by atoms with Crippen LogP contribution in [-0.4, -0.2) is 18.3 Å². The summed E-state index contributed by atoms with van der Waals surface area (Å²) in [7, 11) is 1.56. The van der Waals surface area contributed by atoms with Crippen molar-refractivity contribution in [1.29, 1.82) is 0 Å². The third-order valence-electron chi connectivity index (χ3n) is 3.77. The van der Waals surface area contributed by atoms with Crippen molar-refractivity contribution in [3.8, 4) is 11.4 Å². The monoisotopic (exact) mass is 339 g/mol. The van der Waals surface area contributed by atoms with Gasteiger partial charge in [-0.15, -0.1) is 0 Å². The number of nitrogens with zero attached hydrogens (tertiary/aromatic N) is 2. The molecule has 1 heterocycles. The molecular formula is C18H17N3O4. The molecule has 0 bridgehead atoms. The number of benzene rings is 2. The van der Waals surface area contributed by atoms with Crippen LogP contribution in [0, 0.1) is 0 Å². The molecule has 25 heavy (non-hydrogen) atoms. The van der Waals surface area contributed by atoms with E-state index in [0.717, 1.165) is 5.56 Å². The van der Waals surface area contributed by atoms with Crippen molar-refractivity contribution < 1.29 is 19.0 Å². The summed E-state index contributed by atoms with van der Waals surface area (Å²) in [5.41, 5.74) is 0.474. The van der Waals surface area contributed by atoms with Crippen LogP contribution in [0.4, 0.5) is 0 Å². The molecule has 3 aromatic rings. The normalized spacial score (nSPS) is 12.8. The van der Waals surface area contributed by atoms with Crippen molar-refractivity contribution in [2.45, 2.75) is 13.0 Å². The SMILES string of the molecule is COc1ccc(-[n+]2[nH]oc(=O)c2C([O-])=NC(C)c2ccccc2)cc1. The molecule has 0 saturated carbocycles. The van der Waals surface area contributed by atoms with Crippen LogP contribution in [0.3, 0.4) is 0 Å². The minimum Gasteiger partial charge on any atom is -0.854 e. The predicted octanol–water partition coefficient (Wildman–Crippen LogP) is 1.12. The Balaban J connectivity index is 1.98. The molecule has 3 rings (SSSR count). The van der Waals surface area contributed by atoms with E-state index in [-0.39, 0.29) is 11.7 Å². The van der Waals surface area contributed by atoms with Crippen LogP contribution in [0.5, 0.6) is 5.75 Å². The number of nitrogens with one attached hydrogen (secondary N) is 1. The van der Waals surface area contributed by atoms with Gasteiger partial charge in [-0.2, -0.15) is 0 Å². The molecule has 7 nitrogen and oxygen atoms in total. The number of aromatic nitrogens is 2. The molecule has 0 aliphatic rings. The Morgan fingerprint density at radius 1 is 1.20 bits per heavy atom. The molecule has 1 N–H and O–H groups in total. The van der Waals surface area contributed by atoms with Crippen LogP contribution in [0.25, 0.3) is 5.69 Å². The Hall–Kier alpha value is -3.35. The first-order chi connectivity index (χ1) is 12.1. The summed E-state index contributed by atoms with van der Waals surface area (Å²) in [5, 5.41) is 15.0. The molecule has 0 spiro atoms. The Bertz CT molecular complexity index is 927. The van der Waals surface area contributed by atoms with Crippen LogP contribution >= 0.6 is 0 Å². The van der Waals surface area contributed by atoms with Crippen LogP contribution in [0.15, 0.2) is 68.9 Å². The number of methoxy groups -OCH3 is 1. The smallest absolute Gasteiger partial charge is 0.436 e. The van der Waals surface area contributed by atoms with Gasteiger partial charge >= 0.3 is 11.3 Å². The van der Waals surface area contributed by atoms with Gasteiger partial charge in [0, 0.05) is 12.1 Å². The minimum absolute atomic E-state index is 0.187. The van der Waals surface area contributed by atoms with Crippen molar-refractivity contribution in [3.63, 3.8) is 0 Å². The first-order valence-corrected chi connectivity index (χ1v) is 7.68. The highest BCUT2D eigenvalue weighted by Gasteiger charge is 2.24. The second-order valence-corrected chi connectivity index (χ2v) is 5.38. The second-order valence-electron chi connectivity index (χ2n) is 5.38. The quantitative estimate of drug-likeness (QED) is 0.428. The third-order valence-corrected chi connectivity index (χ3v) is 3.77. The molecular weight excluding hydrogens is 322 g/mol. The van der Waals surface area contributed by atoms with Gasteiger partial charge in [0.15, 0.2) is 0 Å². The highest BCUT2D eigenvalue weighted by molar-refractivity contribution is 5.86. The molecule has 2 aromatic carbocycles. The lowest BCUT2D eigenvalue weighted by Crippen LogP contribution is -2.44. The summed E-state index contributed by atoms with van der Waals surface area (Å²) in [6.07, 6.45) is 0. The summed E-state index contributed by atoms with van der Waals surface area (Å²) >= 11 is 0. The van der Waals surface area contributed by atoms with E-state index in [1.165, 1.54) is 4.68 Å². The highest BCUT2D eigenvalue weighted by Crippen LogP contribution is 2.16. The zero-order valence-corrected chi connectivity index (χ0v) is 13.8. The van der Waals surface area contributed by atoms with Gasteiger partial charge < -0.3 is 9.84 Å². The van der Waals surface area contributed by atoms with E-state index in [9.17, 15) is 9.90 Å². The van der Waals surface area contributed by atoms with E-state index in [4.69, 9.17) is 9.26 Å². The number of aliphatic imine (C=N–C) groups is 1. The Morgan fingerprint density at radius 3 is 2.52 bits per heavy atom. The van der Waals surface area contributed by atoms with Gasteiger partial charge in [0.05, 0.1) is 19.0 Å². The van der Waals surface area contributed by atoms with Gasteiger partial charge in [-0.05, 0) is 34.6 Å². The Kier molecular flexibility index (Phi) is 4.65. The maximum atomic E-state index is 12.5. The summed E-state index contributed by atoms with van der Waals surface area (Å²) < 4.78 is 11.2. The molecule has 0 radical (unpaired) electrons. The molecule has 0 fully saturated rings. The number of rotatable bonds is 5. The maximum absolute atomic E-state index is 12.5. The van der Waals surface area contributed by atoms with Gasteiger partial charge in [0.2, 0.25) is 5.69 Å². The maximum Gasteiger partial charge on any atom is 0.436 e. The van der Waals surface area contributed by atoms with E-state index in [0.29, 0.717) is 11.4 Å². The minimum atomic E-state index is -0.773.